The molecule has 1 amide bonds. The third kappa shape index (κ3) is 2.36. The topological polar surface area (TPSA) is 140 Å². The number of H-pyrrole nitrogens is 1. The molecule has 0 radical (unpaired) electrons. The average molecular weight is 327 g/mol. The van der Waals surface area contributed by atoms with Gasteiger partial charge in [-0.25, -0.2) is 15.0 Å². The molecule has 24 heavy (non-hydrogen) atoms. The number of amides is 1. The van der Waals surface area contributed by atoms with Crippen LogP contribution in [0, 0.1) is 0 Å². The lowest BCUT2D eigenvalue weighted by Gasteiger charge is -2.22. The number of aromatic amines is 1. The van der Waals surface area contributed by atoms with Crippen LogP contribution < -0.4 is 11.1 Å². The molecule has 0 aliphatic heterocycles. The van der Waals surface area contributed by atoms with Crippen molar-refractivity contribution in [2.75, 3.05) is 11.1 Å². The number of aromatic nitrogens is 7. The molecule has 3 aromatic rings. The highest BCUT2D eigenvalue weighted by Crippen LogP contribution is 2.34. The minimum absolute atomic E-state index is 0.259. The first-order valence-corrected chi connectivity index (χ1v) is 7.79. The van der Waals surface area contributed by atoms with Crippen molar-refractivity contribution >= 4 is 28.8 Å². The average Bonchev–Trinajstić information content (AvgIpc) is 3.13. The number of anilines is 2. The predicted molar refractivity (Wildman–Crippen MR) is 86.1 cm³/mol. The van der Waals surface area contributed by atoms with Gasteiger partial charge in [0.05, 0.1) is 6.33 Å². The number of nitrogens with two attached hydrogens (primary N) is 1. The number of hydrogen-bond donors (Lipinski definition) is 3. The molecule has 1 unspecified atom stereocenters. The van der Waals surface area contributed by atoms with Gasteiger partial charge in [-0.05, 0) is 19.8 Å². The fourth-order valence-electron chi connectivity index (χ4n) is 2.69. The van der Waals surface area contributed by atoms with Gasteiger partial charge >= 0.3 is 0 Å². The SMILES string of the molecule is CC(C(=O)Nc1n[nH]c(C2CCC2)n1)n1cnc2c(N)ncnc21. The molecule has 0 bridgehead atoms. The molecule has 0 aromatic carbocycles. The summed E-state index contributed by atoms with van der Waals surface area (Å²) in [6, 6.07) is -0.546. The summed E-state index contributed by atoms with van der Waals surface area (Å²) in [6.07, 6.45) is 6.31. The first-order valence-electron chi connectivity index (χ1n) is 7.79. The van der Waals surface area contributed by atoms with Crippen LogP contribution in [-0.4, -0.2) is 40.6 Å². The summed E-state index contributed by atoms with van der Waals surface area (Å²) in [7, 11) is 0. The Balaban J connectivity index is 1.52. The summed E-state index contributed by atoms with van der Waals surface area (Å²) in [4.78, 5) is 29.0. The Labute approximate surface area is 136 Å². The third-order valence-electron chi connectivity index (χ3n) is 4.41. The van der Waals surface area contributed by atoms with Crippen LogP contribution in [0.4, 0.5) is 11.8 Å². The minimum Gasteiger partial charge on any atom is -0.382 e. The van der Waals surface area contributed by atoms with E-state index in [4.69, 9.17) is 5.73 Å². The second kappa shape index (κ2) is 5.55. The van der Waals surface area contributed by atoms with Gasteiger partial charge in [0.25, 0.3) is 0 Å². The standard InChI is InChI=1S/C14H17N9O/c1-7(23-6-18-9-10(15)16-5-17-12(9)23)13(24)20-14-19-11(21-22-14)8-3-2-4-8/h5-8H,2-4H2,1H3,(H2,15,16,17)(H2,19,20,21,22,24). The number of nitrogens with one attached hydrogen (secondary N) is 2. The summed E-state index contributed by atoms with van der Waals surface area (Å²) >= 11 is 0. The van der Waals surface area contributed by atoms with Gasteiger partial charge in [0.15, 0.2) is 11.5 Å². The quantitative estimate of drug-likeness (QED) is 0.649. The molecule has 0 spiro atoms. The predicted octanol–water partition coefficient (Wildman–Crippen LogP) is 0.994. The highest BCUT2D eigenvalue weighted by molar-refractivity contribution is 5.93. The lowest BCUT2D eigenvalue weighted by atomic mass is 9.85. The van der Waals surface area contributed by atoms with Crippen molar-refractivity contribution in [1.29, 1.82) is 0 Å². The number of imidazole rings is 1. The van der Waals surface area contributed by atoms with Gasteiger partial charge in [0, 0.05) is 5.92 Å². The van der Waals surface area contributed by atoms with E-state index in [9.17, 15) is 4.79 Å². The molecule has 10 nitrogen and oxygen atoms in total. The van der Waals surface area contributed by atoms with Gasteiger partial charge in [-0.2, -0.15) is 4.98 Å². The van der Waals surface area contributed by atoms with E-state index in [0.717, 1.165) is 18.7 Å². The number of nitrogens with zero attached hydrogens (tertiary/aromatic N) is 6. The maximum atomic E-state index is 12.5. The normalized spacial score (nSPS) is 16.0. The number of hydrogen-bond acceptors (Lipinski definition) is 7. The fraction of sp³-hybridized carbons (Fsp3) is 0.429. The van der Waals surface area contributed by atoms with Crippen molar-refractivity contribution in [3.63, 3.8) is 0 Å². The zero-order valence-corrected chi connectivity index (χ0v) is 13.1. The largest absolute Gasteiger partial charge is 0.382 e. The molecule has 3 aromatic heterocycles. The second-order valence-electron chi connectivity index (χ2n) is 5.92. The lowest BCUT2D eigenvalue weighted by molar-refractivity contribution is -0.118. The van der Waals surface area contributed by atoms with E-state index in [0.29, 0.717) is 17.1 Å². The number of carbonyl (C=O) groups is 1. The Morgan fingerprint density at radius 2 is 2.25 bits per heavy atom. The second-order valence-corrected chi connectivity index (χ2v) is 5.92. The van der Waals surface area contributed by atoms with E-state index in [1.54, 1.807) is 11.5 Å². The molecular formula is C14H17N9O. The molecule has 1 aliphatic carbocycles. The molecule has 0 saturated heterocycles. The number of nitrogen functional groups attached to an aromatic ring is 1. The Kier molecular flexibility index (Phi) is 3.36. The summed E-state index contributed by atoms with van der Waals surface area (Å²) in [5, 5.41) is 9.67. The molecule has 1 aliphatic rings. The number of fused-ring (bicyclic) bond motifs is 1. The van der Waals surface area contributed by atoms with Gasteiger partial charge in [0.2, 0.25) is 11.9 Å². The maximum absolute atomic E-state index is 12.5. The van der Waals surface area contributed by atoms with Crippen LogP contribution in [0.2, 0.25) is 0 Å². The van der Waals surface area contributed by atoms with E-state index in [2.05, 4.69) is 35.5 Å². The molecule has 3 heterocycles. The first kappa shape index (κ1) is 14.5. The molecule has 124 valence electrons. The first-order chi connectivity index (χ1) is 11.6. The van der Waals surface area contributed by atoms with Crippen molar-refractivity contribution in [3.05, 3.63) is 18.5 Å². The van der Waals surface area contributed by atoms with Gasteiger partial charge in [0.1, 0.15) is 23.7 Å². The van der Waals surface area contributed by atoms with Crippen LogP contribution >= 0.6 is 0 Å². The zero-order chi connectivity index (χ0) is 16.7. The Morgan fingerprint density at radius 3 is 3.00 bits per heavy atom. The maximum Gasteiger partial charge on any atom is 0.249 e. The van der Waals surface area contributed by atoms with E-state index in [1.807, 2.05) is 0 Å². The molecule has 1 atom stereocenters. The minimum atomic E-state index is -0.546. The van der Waals surface area contributed by atoms with E-state index >= 15 is 0 Å². The van der Waals surface area contributed by atoms with E-state index in [-0.39, 0.29) is 17.7 Å². The summed E-state index contributed by atoms with van der Waals surface area (Å²) in [5.74, 6) is 1.57. The van der Waals surface area contributed by atoms with E-state index < -0.39 is 6.04 Å². The van der Waals surface area contributed by atoms with Gasteiger partial charge < -0.3 is 10.3 Å². The van der Waals surface area contributed by atoms with Crippen molar-refractivity contribution < 1.29 is 4.79 Å². The summed E-state index contributed by atoms with van der Waals surface area (Å²) in [6.45, 7) is 1.74. The van der Waals surface area contributed by atoms with Crippen LogP contribution in [0.5, 0.6) is 0 Å². The Morgan fingerprint density at radius 1 is 1.42 bits per heavy atom. The zero-order valence-electron chi connectivity index (χ0n) is 13.1. The van der Waals surface area contributed by atoms with Gasteiger partial charge in [-0.1, -0.05) is 6.42 Å². The van der Waals surface area contributed by atoms with Crippen molar-refractivity contribution in [2.24, 2.45) is 0 Å². The lowest BCUT2D eigenvalue weighted by Crippen LogP contribution is -2.24. The molecule has 4 N–H and O–H groups in total. The third-order valence-corrected chi connectivity index (χ3v) is 4.41. The summed E-state index contributed by atoms with van der Waals surface area (Å²) < 4.78 is 1.64. The van der Waals surface area contributed by atoms with Gasteiger partial charge in [-0.3, -0.25) is 15.2 Å². The van der Waals surface area contributed by atoms with Crippen LogP contribution in [0.15, 0.2) is 12.7 Å². The number of carbonyl (C=O) groups excluding carboxylic acids is 1. The van der Waals surface area contributed by atoms with Crippen LogP contribution in [0.3, 0.4) is 0 Å². The smallest absolute Gasteiger partial charge is 0.249 e. The molecule has 4 rings (SSSR count). The van der Waals surface area contributed by atoms with Crippen LogP contribution in [0.1, 0.15) is 44.0 Å². The van der Waals surface area contributed by atoms with Gasteiger partial charge in [-0.15, -0.1) is 5.10 Å². The summed E-state index contributed by atoms with van der Waals surface area (Å²) in [5.41, 5.74) is 6.75. The Bertz CT molecular complexity index is 895. The highest BCUT2D eigenvalue weighted by atomic mass is 16.2. The monoisotopic (exact) mass is 327 g/mol. The fourth-order valence-corrected chi connectivity index (χ4v) is 2.69. The van der Waals surface area contributed by atoms with Crippen molar-refractivity contribution in [2.45, 2.75) is 38.1 Å². The van der Waals surface area contributed by atoms with Crippen molar-refractivity contribution in [3.8, 4) is 0 Å². The molecule has 1 fully saturated rings. The Hall–Kier alpha value is -3.04. The van der Waals surface area contributed by atoms with Crippen LogP contribution in [0.25, 0.3) is 11.2 Å². The number of rotatable bonds is 4. The highest BCUT2D eigenvalue weighted by Gasteiger charge is 2.24. The molecule has 10 heteroatoms. The molecule has 1 saturated carbocycles. The molecular weight excluding hydrogens is 310 g/mol. The van der Waals surface area contributed by atoms with Crippen molar-refractivity contribution in [1.82, 2.24) is 34.7 Å². The van der Waals surface area contributed by atoms with Crippen LogP contribution in [-0.2, 0) is 4.79 Å². The van der Waals surface area contributed by atoms with E-state index in [1.165, 1.54) is 19.1 Å².